The topological polar surface area (TPSA) is 26.3 Å². The van der Waals surface area contributed by atoms with Gasteiger partial charge in [0.1, 0.15) is 5.75 Å². The van der Waals surface area contributed by atoms with Gasteiger partial charge in [-0.15, -0.1) is 0 Å². The minimum absolute atomic E-state index is 0.303. The fourth-order valence-electron chi connectivity index (χ4n) is 1.57. The van der Waals surface area contributed by atoms with E-state index in [4.69, 9.17) is 4.74 Å². The Morgan fingerprint density at radius 3 is 2.00 bits per heavy atom. The zero-order valence-electron chi connectivity index (χ0n) is 10.2. The summed E-state index contributed by atoms with van der Waals surface area (Å²) in [5.74, 6) is 0.266. The van der Waals surface area contributed by atoms with Crippen LogP contribution < -0.4 is 4.74 Å². The number of carbonyl (C=O) groups excluding carboxylic acids is 1. The fraction of sp³-hybridized carbons (Fsp3) is 0.0625. The molecule has 0 N–H and O–H groups in total. The van der Waals surface area contributed by atoms with Gasteiger partial charge in [0.25, 0.3) is 0 Å². The van der Waals surface area contributed by atoms with Gasteiger partial charge in [-0.25, -0.2) is 0 Å². The average Bonchev–Trinajstić information content (AvgIpc) is 2.38. The van der Waals surface area contributed by atoms with Crippen molar-refractivity contribution in [3.63, 3.8) is 0 Å². The smallest absolute Gasteiger partial charge is 0.308 e. The van der Waals surface area contributed by atoms with Crippen molar-refractivity contribution in [2.24, 2.45) is 0 Å². The quantitative estimate of drug-likeness (QED) is 0.462. The Bertz CT molecular complexity index is 539. The summed E-state index contributed by atoms with van der Waals surface area (Å²) in [7, 11) is 0. The number of carbonyl (C=O) groups is 1. The van der Waals surface area contributed by atoms with Gasteiger partial charge in [-0.3, -0.25) is 4.79 Å². The van der Waals surface area contributed by atoms with E-state index in [1.54, 1.807) is 12.1 Å². The Balaban J connectivity index is 2.06. The molecule has 0 bridgehead atoms. The molecule has 90 valence electrons. The molecule has 0 aromatic heterocycles. The van der Waals surface area contributed by atoms with Crippen LogP contribution in [0.5, 0.6) is 5.75 Å². The molecule has 0 unspecified atom stereocenters. The molecule has 2 aromatic rings. The molecule has 0 amide bonds. The van der Waals surface area contributed by atoms with Gasteiger partial charge < -0.3 is 4.74 Å². The first-order chi connectivity index (χ1) is 8.74. The first-order valence-electron chi connectivity index (χ1n) is 5.76. The molecule has 0 aliphatic heterocycles. The molecule has 0 heterocycles. The summed E-state index contributed by atoms with van der Waals surface area (Å²) in [6, 6.07) is 17.5. The number of hydrogen-bond donors (Lipinski definition) is 0. The third-order valence-corrected chi connectivity index (χ3v) is 2.41. The molecule has 2 rings (SSSR count). The van der Waals surface area contributed by atoms with Gasteiger partial charge in [-0.05, 0) is 23.3 Å². The lowest BCUT2D eigenvalue weighted by molar-refractivity contribution is -0.131. The van der Waals surface area contributed by atoms with Gasteiger partial charge in [0.15, 0.2) is 0 Å². The lowest BCUT2D eigenvalue weighted by Crippen LogP contribution is -2.00. The van der Waals surface area contributed by atoms with Crippen molar-refractivity contribution >= 4 is 18.1 Å². The van der Waals surface area contributed by atoms with Crippen molar-refractivity contribution < 1.29 is 9.53 Å². The third kappa shape index (κ3) is 3.59. The maximum absolute atomic E-state index is 10.8. The van der Waals surface area contributed by atoms with Crippen LogP contribution in [0.4, 0.5) is 0 Å². The van der Waals surface area contributed by atoms with Gasteiger partial charge in [-0.2, -0.15) is 0 Å². The molecule has 0 spiro atoms. The molecule has 2 heteroatoms. The van der Waals surface area contributed by atoms with Crippen molar-refractivity contribution in [3.8, 4) is 5.75 Å². The molecule has 0 saturated carbocycles. The minimum Gasteiger partial charge on any atom is -0.427 e. The fourth-order valence-corrected chi connectivity index (χ4v) is 1.57. The van der Waals surface area contributed by atoms with E-state index in [9.17, 15) is 4.79 Å². The van der Waals surface area contributed by atoms with Crippen LogP contribution in [-0.4, -0.2) is 5.97 Å². The predicted octanol–water partition coefficient (Wildman–Crippen LogP) is 3.78. The predicted molar refractivity (Wildman–Crippen MR) is 73.1 cm³/mol. The van der Waals surface area contributed by atoms with E-state index in [1.807, 2.05) is 54.6 Å². The van der Waals surface area contributed by atoms with Crippen LogP contribution in [-0.2, 0) is 4.79 Å². The number of rotatable bonds is 3. The summed E-state index contributed by atoms with van der Waals surface area (Å²) < 4.78 is 4.97. The largest absolute Gasteiger partial charge is 0.427 e. The molecular formula is C16H14O2. The first kappa shape index (κ1) is 12.1. The standard InChI is InChI=1S/C16H14O2/c1-13(17)18-16-11-9-15(10-12-16)8-7-14-5-3-2-4-6-14/h2-12H,1H3/b8-7+. The van der Waals surface area contributed by atoms with Crippen molar-refractivity contribution in [2.45, 2.75) is 6.92 Å². The van der Waals surface area contributed by atoms with Crippen LogP contribution >= 0.6 is 0 Å². The van der Waals surface area contributed by atoms with E-state index in [1.165, 1.54) is 6.92 Å². The van der Waals surface area contributed by atoms with Crippen LogP contribution in [0.1, 0.15) is 18.1 Å². The second-order valence-electron chi connectivity index (χ2n) is 3.91. The summed E-state index contributed by atoms with van der Waals surface area (Å²) in [4.78, 5) is 10.8. The van der Waals surface area contributed by atoms with Crippen LogP contribution in [0.15, 0.2) is 54.6 Å². The second kappa shape index (κ2) is 5.82. The Morgan fingerprint density at radius 1 is 0.889 bits per heavy atom. The molecule has 0 aliphatic carbocycles. The summed E-state index contributed by atoms with van der Waals surface area (Å²) in [5.41, 5.74) is 2.22. The number of ether oxygens (including phenoxy) is 1. The highest BCUT2D eigenvalue weighted by Crippen LogP contribution is 2.14. The molecule has 18 heavy (non-hydrogen) atoms. The van der Waals surface area contributed by atoms with Gasteiger partial charge in [0, 0.05) is 6.92 Å². The van der Waals surface area contributed by atoms with Crippen LogP contribution in [0.3, 0.4) is 0 Å². The number of esters is 1. The maximum Gasteiger partial charge on any atom is 0.308 e. The highest BCUT2D eigenvalue weighted by molar-refractivity contribution is 5.71. The third-order valence-electron chi connectivity index (χ3n) is 2.41. The van der Waals surface area contributed by atoms with E-state index >= 15 is 0 Å². The summed E-state index contributed by atoms with van der Waals surface area (Å²) in [6.45, 7) is 1.39. The minimum atomic E-state index is -0.303. The monoisotopic (exact) mass is 238 g/mol. The summed E-state index contributed by atoms with van der Waals surface area (Å²) in [5, 5.41) is 0. The van der Waals surface area contributed by atoms with E-state index in [2.05, 4.69) is 0 Å². The van der Waals surface area contributed by atoms with E-state index in [0.717, 1.165) is 11.1 Å². The van der Waals surface area contributed by atoms with E-state index in [-0.39, 0.29) is 5.97 Å². The molecule has 2 nitrogen and oxygen atoms in total. The normalized spacial score (nSPS) is 10.5. The van der Waals surface area contributed by atoms with Crippen molar-refractivity contribution in [1.29, 1.82) is 0 Å². The van der Waals surface area contributed by atoms with Crippen molar-refractivity contribution in [3.05, 3.63) is 65.7 Å². The van der Waals surface area contributed by atoms with Gasteiger partial charge in [0.05, 0.1) is 0 Å². The molecule has 0 radical (unpaired) electrons. The van der Waals surface area contributed by atoms with E-state index in [0.29, 0.717) is 5.75 Å². The second-order valence-corrected chi connectivity index (χ2v) is 3.91. The molecule has 0 aliphatic rings. The summed E-state index contributed by atoms with van der Waals surface area (Å²) >= 11 is 0. The summed E-state index contributed by atoms with van der Waals surface area (Å²) in [6.07, 6.45) is 4.06. The van der Waals surface area contributed by atoms with Crippen molar-refractivity contribution in [1.82, 2.24) is 0 Å². The zero-order chi connectivity index (χ0) is 12.8. The molecule has 2 aromatic carbocycles. The average molecular weight is 238 g/mol. The first-order valence-corrected chi connectivity index (χ1v) is 5.76. The highest BCUT2D eigenvalue weighted by atomic mass is 16.5. The number of hydrogen-bond acceptors (Lipinski definition) is 2. The zero-order valence-corrected chi connectivity index (χ0v) is 10.2. The van der Waals surface area contributed by atoms with Crippen LogP contribution in [0.2, 0.25) is 0 Å². The lowest BCUT2D eigenvalue weighted by atomic mass is 10.1. The SMILES string of the molecule is CC(=O)Oc1ccc(/C=C/c2ccccc2)cc1. The van der Waals surface area contributed by atoms with Gasteiger partial charge >= 0.3 is 5.97 Å². The van der Waals surface area contributed by atoms with Gasteiger partial charge in [0.2, 0.25) is 0 Å². The Morgan fingerprint density at radius 2 is 1.44 bits per heavy atom. The Labute approximate surface area is 107 Å². The number of benzene rings is 2. The van der Waals surface area contributed by atoms with Crippen LogP contribution in [0.25, 0.3) is 12.2 Å². The Hall–Kier alpha value is -2.35. The van der Waals surface area contributed by atoms with E-state index < -0.39 is 0 Å². The van der Waals surface area contributed by atoms with Crippen molar-refractivity contribution in [2.75, 3.05) is 0 Å². The molecule has 0 fully saturated rings. The molecule has 0 saturated heterocycles. The highest BCUT2D eigenvalue weighted by Gasteiger charge is 1.96. The van der Waals surface area contributed by atoms with Crippen LogP contribution in [0, 0.1) is 0 Å². The maximum atomic E-state index is 10.8. The lowest BCUT2D eigenvalue weighted by Gasteiger charge is -2.00. The molecule has 0 atom stereocenters. The Kier molecular flexibility index (Phi) is 3.92. The van der Waals surface area contributed by atoms with Gasteiger partial charge in [-0.1, -0.05) is 54.6 Å². The molecular weight excluding hydrogens is 224 g/mol.